The number of hydrogen-bond donors (Lipinski definition) is 3. The van der Waals surface area contributed by atoms with E-state index in [0.717, 1.165) is 89.9 Å². The Balaban J connectivity index is 3.83. The molecule has 0 saturated carbocycles. The number of phosphoric acid groups is 1. The van der Waals surface area contributed by atoms with E-state index in [9.17, 15) is 24.2 Å². The second-order valence-corrected chi connectivity index (χ2v) is 15.7. The van der Waals surface area contributed by atoms with Gasteiger partial charge in [0, 0.05) is 19.4 Å². The van der Waals surface area contributed by atoms with Gasteiger partial charge in [-0.1, -0.05) is 172 Å². The molecule has 0 fully saturated rings. The summed E-state index contributed by atoms with van der Waals surface area (Å²) in [6, 6.07) is 0. The third-order valence-corrected chi connectivity index (χ3v) is 9.45. The lowest BCUT2D eigenvalue weighted by Crippen LogP contribution is -2.27. The van der Waals surface area contributed by atoms with E-state index in [0.29, 0.717) is 12.8 Å². The van der Waals surface area contributed by atoms with Crippen molar-refractivity contribution in [1.82, 2.24) is 5.32 Å². The minimum Gasteiger partial charge on any atom is -0.463 e. The average Bonchev–Trinajstić information content (AvgIpc) is 3.27. The highest BCUT2D eigenvalue weighted by Gasteiger charge is 2.23. The summed E-state index contributed by atoms with van der Waals surface area (Å²) in [7, 11) is -4.47. The van der Waals surface area contributed by atoms with E-state index in [-0.39, 0.29) is 38.5 Å². The maximum atomic E-state index is 12.1. The van der Waals surface area contributed by atoms with Gasteiger partial charge in [0.1, 0.15) is 12.7 Å². The fraction of sp³-hybridized carbons (Fsp3) is 0.472. The molecule has 350 valence electrons. The number of allylic oxidation sites excluding steroid dienone is 26. The Morgan fingerprint density at radius 3 is 1.22 bits per heavy atom. The van der Waals surface area contributed by atoms with Crippen LogP contribution in [0.25, 0.3) is 0 Å². The van der Waals surface area contributed by atoms with E-state index in [1.807, 2.05) is 18.2 Å². The Morgan fingerprint density at radius 2 is 0.841 bits per heavy atom. The molecule has 2 unspecified atom stereocenters. The molecule has 0 radical (unpaired) electrons. The summed E-state index contributed by atoms with van der Waals surface area (Å²) in [5.41, 5.74) is 0. The largest absolute Gasteiger partial charge is 0.472 e. The van der Waals surface area contributed by atoms with Gasteiger partial charge in [0.15, 0.2) is 0 Å². The molecule has 0 heterocycles. The number of unbranched alkanes of at least 4 members (excludes halogenated alkanes) is 1. The summed E-state index contributed by atoms with van der Waals surface area (Å²) >= 11 is 0. The van der Waals surface area contributed by atoms with Crippen LogP contribution < -0.4 is 5.32 Å². The quantitative estimate of drug-likeness (QED) is 0.0240. The third-order valence-electron chi connectivity index (χ3n) is 8.47. The molecule has 0 bridgehead atoms. The van der Waals surface area contributed by atoms with Crippen LogP contribution in [0.3, 0.4) is 0 Å². The molecule has 10 heteroatoms. The molecule has 0 aromatic rings. The van der Waals surface area contributed by atoms with Gasteiger partial charge in [0.25, 0.3) is 0 Å². The molecular weight excluding hydrogens is 810 g/mol. The van der Waals surface area contributed by atoms with E-state index in [4.69, 9.17) is 13.8 Å². The zero-order valence-corrected chi connectivity index (χ0v) is 39.3. The van der Waals surface area contributed by atoms with Crippen molar-refractivity contribution in [3.05, 3.63) is 158 Å². The second kappa shape index (κ2) is 47.1. The SMILES string of the molecule is CC/C=C\C/C=C\C/C=C\C/C=C\C/C=C\C/C=C\C/C=C\CCCC(=O)OCC(O)COP(=O)(O)OCCNC(=O)CC/C=C\C/C=C\C/C=C\C/C=C\C/C=C\C/C=C\CC. The van der Waals surface area contributed by atoms with Crippen LogP contribution in [-0.2, 0) is 27.9 Å². The predicted octanol–water partition coefficient (Wildman–Crippen LogP) is 13.4. The molecule has 63 heavy (non-hydrogen) atoms. The summed E-state index contributed by atoms with van der Waals surface area (Å²) in [5.74, 6) is -0.680. The smallest absolute Gasteiger partial charge is 0.463 e. The van der Waals surface area contributed by atoms with Gasteiger partial charge < -0.3 is 20.1 Å². The number of phosphoric ester groups is 1. The van der Waals surface area contributed by atoms with E-state index in [1.54, 1.807) is 0 Å². The van der Waals surface area contributed by atoms with Crippen molar-refractivity contribution in [1.29, 1.82) is 0 Å². The molecule has 0 saturated heterocycles. The maximum absolute atomic E-state index is 12.1. The van der Waals surface area contributed by atoms with Crippen LogP contribution in [0.1, 0.15) is 129 Å². The zero-order chi connectivity index (χ0) is 46.0. The van der Waals surface area contributed by atoms with Crippen LogP contribution in [0.15, 0.2) is 158 Å². The standard InChI is InChI=1S/C53H80NO8P/c1-3-5-7-9-11-13-15-17-19-21-23-24-25-26-28-30-32-34-36-38-40-42-44-46-53(57)60-49-51(55)50-62-63(58,59)61-48-47-54-52(56)45-43-41-39-37-35-33-31-29-27-22-20-18-16-14-12-10-8-6-4-2/h5-8,11-14,17-20,23-24,26-29,32-35,38-41,51,55H,3-4,9-10,15-16,21-22,25,30-31,36-37,42-50H2,1-2H3,(H,54,56)(H,58,59)/b7-5-,8-6-,13-11-,14-12-,19-17-,20-18-,24-23-,28-26-,29-27-,34-32-,35-33-,40-38-,41-39-. The molecule has 0 aliphatic rings. The van der Waals surface area contributed by atoms with Crippen molar-refractivity contribution in [2.45, 2.75) is 136 Å². The maximum Gasteiger partial charge on any atom is 0.472 e. The first-order valence-corrected chi connectivity index (χ1v) is 24.5. The molecular formula is C53H80NO8P. The second-order valence-electron chi connectivity index (χ2n) is 14.3. The third kappa shape index (κ3) is 48.5. The van der Waals surface area contributed by atoms with Crippen molar-refractivity contribution in [3.63, 3.8) is 0 Å². The number of nitrogens with one attached hydrogen (secondary N) is 1. The first-order valence-electron chi connectivity index (χ1n) is 23.0. The minimum absolute atomic E-state index is 0.0222. The fourth-order valence-corrected chi connectivity index (χ4v) is 5.85. The molecule has 2 atom stereocenters. The lowest BCUT2D eigenvalue weighted by molar-refractivity contribution is -0.147. The molecule has 0 aliphatic carbocycles. The Hall–Kier alpha value is -4.37. The first kappa shape index (κ1) is 58.6. The molecule has 0 rings (SSSR count). The summed E-state index contributed by atoms with van der Waals surface area (Å²) in [5, 5.41) is 12.6. The fourth-order valence-electron chi connectivity index (χ4n) is 5.10. The van der Waals surface area contributed by atoms with Crippen molar-refractivity contribution < 1.29 is 37.9 Å². The van der Waals surface area contributed by atoms with Crippen LogP contribution in [0, 0.1) is 0 Å². The topological polar surface area (TPSA) is 131 Å². The van der Waals surface area contributed by atoms with E-state index >= 15 is 0 Å². The number of carbonyl (C=O) groups is 2. The van der Waals surface area contributed by atoms with Gasteiger partial charge in [-0.3, -0.25) is 18.6 Å². The molecule has 0 aliphatic heterocycles. The van der Waals surface area contributed by atoms with Crippen LogP contribution in [0.5, 0.6) is 0 Å². The van der Waals surface area contributed by atoms with E-state index in [2.05, 4.69) is 159 Å². The van der Waals surface area contributed by atoms with Gasteiger partial charge in [-0.15, -0.1) is 0 Å². The van der Waals surface area contributed by atoms with Crippen molar-refractivity contribution in [3.8, 4) is 0 Å². The van der Waals surface area contributed by atoms with Gasteiger partial charge in [-0.25, -0.2) is 4.57 Å². The number of aliphatic hydroxyl groups excluding tert-OH is 1. The Morgan fingerprint density at radius 1 is 0.492 bits per heavy atom. The van der Waals surface area contributed by atoms with Crippen LogP contribution >= 0.6 is 7.82 Å². The van der Waals surface area contributed by atoms with Gasteiger partial charge >= 0.3 is 13.8 Å². The van der Waals surface area contributed by atoms with Gasteiger partial charge in [0.05, 0.1) is 13.2 Å². The number of rotatable bonds is 40. The highest BCUT2D eigenvalue weighted by molar-refractivity contribution is 7.47. The van der Waals surface area contributed by atoms with Gasteiger partial charge in [-0.05, 0) is 103 Å². The Labute approximate surface area is 381 Å². The van der Waals surface area contributed by atoms with Crippen molar-refractivity contribution >= 4 is 19.7 Å². The highest BCUT2D eigenvalue weighted by Crippen LogP contribution is 2.42. The van der Waals surface area contributed by atoms with E-state index in [1.165, 1.54) is 0 Å². The number of carbonyl (C=O) groups excluding carboxylic acids is 2. The lowest BCUT2D eigenvalue weighted by atomic mass is 10.2. The monoisotopic (exact) mass is 890 g/mol. The van der Waals surface area contributed by atoms with Crippen LogP contribution in [0.2, 0.25) is 0 Å². The van der Waals surface area contributed by atoms with Crippen LogP contribution in [0.4, 0.5) is 0 Å². The minimum atomic E-state index is -4.47. The summed E-state index contributed by atoms with van der Waals surface area (Å²) in [6.45, 7) is 3.12. The lowest BCUT2D eigenvalue weighted by Gasteiger charge is -2.15. The number of amides is 1. The normalized spacial score (nSPS) is 14.7. The Bertz CT molecular complexity index is 1570. The Kier molecular flexibility index (Phi) is 43.8. The van der Waals surface area contributed by atoms with E-state index < -0.39 is 26.5 Å². The number of ether oxygens (including phenoxy) is 1. The van der Waals surface area contributed by atoms with Crippen molar-refractivity contribution in [2.24, 2.45) is 0 Å². The molecule has 0 aromatic carbocycles. The average molecular weight is 890 g/mol. The molecule has 1 amide bonds. The van der Waals surface area contributed by atoms with Gasteiger partial charge in [0.2, 0.25) is 5.91 Å². The molecule has 0 spiro atoms. The van der Waals surface area contributed by atoms with Gasteiger partial charge in [-0.2, -0.15) is 0 Å². The number of hydrogen-bond acceptors (Lipinski definition) is 7. The summed E-state index contributed by atoms with van der Waals surface area (Å²) in [6.07, 6.45) is 69.1. The summed E-state index contributed by atoms with van der Waals surface area (Å²) in [4.78, 5) is 33.9. The summed E-state index contributed by atoms with van der Waals surface area (Å²) < 4.78 is 26.8. The van der Waals surface area contributed by atoms with Crippen molar-refractivity contribution in [2.75, 3.05) is 26.4 Å². The molecule has 9 nitrogen and oxygen atoms in total. The van der Waals surface area contributed by atoms with Crippen LogP contribution in [-0.4, -0.2) is 54.3 Å². The molecule has 0 aromatic heterocycles. The highest BCUT2D eigenvalue weighted by atomic mass is 31.2. The number of aliphatic hydroxyl groups is 1. The number of esters is 1. The predicted molar refractivity (Wildman–Crippen MR) is 265 cm³/mol. The zero-order valence-electron chi connectivity index (χ0n) is 38.4. The molecule has 3 N–H and O–H groups in total. The first-order chi connectivity index (χ1) is 30.8.